The number of hydrogen-bond donors (Lipinski definition) is 1. The second kappa shape index (κ2) is 6.98. The summed E-state index contributed by atoms with van der Waals surface area (Å²) in [5, 5.41) is 8.91. The number of rotatable bonds is 5. The van der Waals surface area contributed by atoms with Crippen LogP contribution in [0.2, 0.25) is 0 Å². The average molecular weight is 238 g/mol. The molecule has 1 saturated carbocycles. The second-order valence-corrected chi connectivity index (χ2v) is 5.81. The molecule has 0 spiro atoms. The molecule has 1 aliphatic carbocycles. The van der Waals surface area contributed by atoms with Gasteiger partial charge in [0.1, 0.15) is 0 Å². The molecule has 0 bridgehead atoms. The highest BCUT2D eigenvalue weighted by atomic mass is 16.5. The van der Waals surface area contributed by atoms with E-state index in [9.17, 15) is 0 Å². The molecule has 0 saturated heterocycles. The van der Waals surface area contributed by atoms with Crippen molar-refractivity contribution in [3.8, 4) is 6.07 Å². The van der Waals surface area contributed by atoms with Gasteiger partial charge in [0.25, 0.3) is 0 Å². The van der Waals surface area contributed by atoms with Gasteiger partial charge in [0.2, 0.25) is 0 Å². The third-order valence-corrected chi connectivity index (χ3v) is 3.58. The van der Waals surface area contributed by atoms with Crippen LogP contribution in [0.1, 0.15) is 58.8 Å². The molecule has 98 valence electrons. The van der Waals surface area contributed by atoms with Crippen LogP contribution in [0.4, 0.5) is 0 Å². The monoisotopic (exact) mass is 238 g/mol. The van der Waals surface area contributed by atoms with Gasteiger partial charge in [-0.15, -0.1) is 0 Å². The number of nitrogens with two attached hydrogens (primary N) is 1. The fourth-order valence-electron chi connectivity index (χ4n) is 2.31. The third kappa shape index (κ3) is 5.52. The van der Waals surface area contributed by atoms with Crippen molar-refractivity contribution >= 4 is 0 Å². The molecule has 2 atom stereocenters. The Bertz CT molecular complexity index is 257. The van der Waals surface area contributed by atoms with Crippen molar-refractivity contribution in [3.05, 3.63) is 0 Å². The molecule has 1 fully saturated rings. The summed E-state index contributed by atoms with van der Waals surface area (Å²) in [4.78, 5) is 0. The predicted octanol–water partition coefficient (Wildman–Crippen LogP) is 2.99. The first-order valence-corrected chi connectivity index (χ1v) is 6.83. The largest absolute Gasteiger partial charge is 0.377 e. The second-order valence-electron chi connectivity index (χ2n) is 5.81. The Balaban J connectivity index is 2.19. The zero-order valence-electron chi connectivity index (χ0n) is 11.2. The molecule has 2 unspecified atom stereocenters. The fourth-order valence-corrected chi connectivity index (χ4v) is 2.31. The van der Waals surface area contributed by atoms with E-state index in [0.29, 0.717) is 0 Å². The molecule has 1 aliphatic rings. The summed E-state index contributed by atoms with van der Waals surface area (Å²) in [7, 11) is 0. The lowest BCUT2D eigenvalue weighted by atomic mass is 9.90. The van der Waals surface area contributed by atoms with Crippen molar-refractivity contribution in [2.75, 3.05) is 6.61 Å². The van der Waals surface area contributed by atoms with Gasteiger partial charge in [-0.05, 0) is 39.5 Å². The highest BCUT2D eigenvalue weighted by molar-refractivity contribution is 4.91. The van der Waals surface area contributed by atoms with E-state index in [-0.39, 0.29) is 17.6 Å². The summed E-state index contributed by atoms with van der Waals surface area (Å²) >= 11 is 0. The van der Waals surface area contributed by atoms with Crippen LogP contribution in [-0.4, -0.2) is 18.8 Å². The first kappa shape index (κ1) is 14.5. The Morgan fingerprint density at radius 1 is 1.29 bits per heavy atom. The van der Waals surface area contributed by atoms with Gasteiger partial charge in [-0.25, -0.2) is 0 Å². The Hall–Kier alpha value is -0.590. The molecule has 3 heteroatoms. The zero-order chi connectivity index (χ0) is 12.7. The first-order chi connectivity index (χ1) is 8.05. The van der Waals surface area contributed by atoms with Crippen LogP contribution < -0.4 is 5.73 Å². The Morgan fingerprint density at radius 3 is 2.71 bits per heavy atom. The van der Waals surface area contributed by atoms with Crippen molar-refractivity contribution in [2.45, 2.75) is 70.9 Å². The molecule has 17 heavy (non-hydrogen) atoms. The minimum absolute atomic E-state index is 0.210. The molecule has 0 radical (unpaired) electrons. The number of hydrogen-bond acceptors (Lipinski definition) is 3. The zero-order valence-corrected chi connectivity index (χ0v) is 11.2. The van der Waals surface area contributed by atoms with Crippen molar-refractivity contribution in [1.82, 2.24) is 0 Å². The Kier molecular flexibility index (Phi) is 5.94. The Morgan fingerprint density at radius 2 is 2.00 bits per heavy atom. The van der Waals surface area contributed by atoms with Crippen molar-refractivity contribution in [1.29, 1.82) is 5.26 Å². The summed E-state index contributed by atoms with van der Waals surface area (Å²) in [5.74, 6) is 0. The Labute approximate surface area is 105 Å². The van der Waals surface area contributed by atoms with Crippen LogP contribution in [0, 0.1) is 16.7 Å². The molecule has 3 nitrogen and oxygen atoms in total. The smallest absolute Gasteiger partial charge is 0.0725 e. The lowest BCUT2D eigenvalue weighted by Gasteiger charge is -2.22. The van der Waals surface area contributed by atoms with Gasteiger partial charge in [-0.2, -0.15) is 5.26 Å². The molecule has 0 aliphatic heterocycles. The van der Waals surface area contributed by atoms with Crippen LogP contribution in [0.5, 0.6) is 0 Å². The maximum absolute atomic E-state index is 8.91. The minimum atomic E-state index is -0.227. The molecule has 2 N–H and O–H groups in total. The minimum Gasteiger partial charge on any atom is -0.377 e. The highest BCUT2D eigenvalue weighted by Gasteiger charge is 2.21. The summed E-state index contributed by atoms with van der Waals surface area (Å²) in [6, 6.07) is 2.53. The summed E-state index contributed by atoms with van der Waals surface area (Å²) in [6.07, 6.45) is 8.04. The van der Waals surface area contributed by atoms with Gasteiger partial charge in [-0.3, -0.25) is 0 Å². The molecule has 0 amide bonds. The molecule has 0 heterocycles. The first-order valence-electron chi connectivity index (χ1n) is 6.83. The lowest BCUT2D eigenvalue weighted by Crippen LogP contribution is -2.36. The van der Waals surface area contributed by atoms with E-state index >= 15 is 0 Å². The SMILES string of the molecule is CC(C)(C#N)CCCOC1CCCCCC1N. The molecule has 0 aromatic heterocycles. The molecule has 0 aromatic carbocycles. The van der Waals surface area contributed by atoms with Gasteiger partial charge in [0.15, 0.2) is 0 Å². The van der Waals surface area contributed by atoms with Gasteiger partial charge in [0, 0.05) is 12.6 Å². The lowest BCUT2D eigenvalue weighted by molar-refractivity contribution is 0.0269. The summed E-state index contributed by atoms with van der Waals surface area (Å²) in [6.45, 7) is 4.69. The molecule has 1 rings (SSSR count). The topological polar surface area (TPSA) is 59.0 Å². The van der Waals surface area contributed by atoms with Gasteiger partial charge >= 0.3 is 0 Å². The number of ether oxygens (including phenoxy) is 1. The number of nitriles is 1. The van der Waals surface area contributed by atoms with E-state index in [1.165, 1.54) is 19.3 Å². The van der Waals surface area contributed by atoms with E-state index in [0.717, 1.165) is 32.3 Å². The highest BCUT2D eigenvalue weighted by Crippen LogP contribution is 2.22. The van der Waals surface area contributed by atoms with Crippen LogP contribution in [-0.2, 0) is 4.74 Å². The molecule has 0 aromatic rings. The van der Waals surface area contributed by atoms with Crippen LogP contribution in [0.3, 0.4) is 0 Å². The van der Waals surface area contributed by atoms with Gasteiger partial charge < -0.3 is 10.5 Å². The standard InChI is InChI=1S/C14H26N2O/c1-14(2,11-15)9-6-10-17-13-8-5-3-4-7-12(13)16/h12-13H,3-10,16H2,1-2H3. The van der Waals surface area contributed by atoms with Gasteiger partial charge in [0.05, 0.1) is 17.6 Å². The maximum Gasteiger partial charge on any atom is 0.0725 e. The average Bonchev–Trinajstić information content (AvgIpc) is 2.50. The molecular weight excluding hydrogens is 212 g/mol. The van der Waals surface area contributed by atoms with Crippen molar-refractivity contribution < 1.29 is 4.74 Å². The van der Waals surface area contributed by atoms with E-state index in [2.05, 4.69) is 6.07 Å². The van der Waals surface area contributed by atoms with Crippen LogP contribution in [0.25, 0.3) is 0 Å². The predicted molar refractivity (Wildman–Crippen MR) is 69.4 cm³/mol. The van der Waals surface area contributed by atoms with Crippen LogP contribution in [0.15, 0.2) is 0 Å². The third-order valence-electron chi connectivity index (χ3n) is 3.58. The van der Waals surface area contributed by atoms with E-state index in [4.69, 9.17) is 15.7 Å². The van der Waals surface area contributed by atoms with E-state index in [1.54, 1.807) is 0 Å². The van der Waals surface area contributed by atoms with Crippen molar-refractivity contribution in [3.63, 3.8) is 0 Å². The van der Waals surface area contributed by atoms with Crippen LogP contribution >= 0.6 is 0 Å². The van der Waals surface area contributed by atoms with E-state index in [1.807, 2.05) is 13.8 Å². The van der Waals surface area contributed by atoms with Crippen molar-refractivity contribution in [2.24, 2.45) is 11.1 Å². The van der Waals surface area contributed by atoms with E-state index < -0.39 is 0 Å². The number of nitrogens with zero attached hydrogens (tertiary/aromatic N) is 1. The summed E-state index contributed by atoms with van der Waals surface area (Å²) in [5.41, 5.74) is 5.87. The van der Waals surface area contributed by atoms with Gasteiger partial charge in [-0.1, -0.05) is 19.3 Å². The molecular formula is C14H26N2O. The quantitative estimate of drug-likeness (QED) is 0.591. The maximum atomic E-state index is 8.91. The normalized spacial score (nSPS) is 26.2. The summed E-state index contributed by atoms with van der Waals surface area (Å²) < 4.78 is 5.88. The fraction of sp³-hybridized carbons (Fsp3) is 0.929.